The molecule has 4 aliphatic heterocycles. The Balaban J connectivity index is 1.30. The zero-order valence-electron chi connectivity index (χ0n) is 37.6. The van der Waals surface area contributed by atoms with Crippen molar-refractivity contribution in [2.75, 3.05) is 61.1 Å². The van der Waals surface area contributed by atoms with Gasteiger partial charge in [-0.1, -0.05) is 6.07 Å². The van der Waals surface area contributed by atoms with E-state index in [-0.39, 0.29) is 37.0 Å². The van der Waals surface area contributed by atoms with Gasteiger partial charge in [0, 0.05) is 54.4 Å². The summed E-state index contributed by atoms with van der Waals surface area (Å²) in [5.41, 5.74) is 6.55. The summed E-state index contributed by atoms with van der Waals surface area (Å²) in [6.45, 7) is 11.9. The number of amides is 1. The fraction of sp³-hybridized carbons (Fsp3) is 0.543. The van der Waals surface area contributed by atoms with Crippen molar-refractivity contribution >= 4 is 29.8 Å². The Morgan fingerprint density at radius 3 is 2.42 bits per heavy atom. The third-order valence-corrected chi connectivity index (χ3v) is 13.2. The number of fused-ring (bicyclic) bond motifs is 6. The van der Waals surface area contributed by atoms with E-state index < -0.39 is 41.8 Å². The molecule has 336 valence electrons. The number of likely N-dealkylation sites (N-methyl/N-ethyl adjacent to an activating group) is 1. The second-order valence-electron chi connectivity index (χ2n) is 17.3. The molecule has 3 unspecified atom stereocenters. The number of phenolic OH excluding ortho intramolecular Hbond substituents is 1. The van der Waals surface area contributed by atoms with Crippen molar-refractivity contribution < 1.29 is 52.6 Å². The fourth-order valence-corrected chi connectivity index (χ4v) is 10.8. The summed E-state index contributed by atoms with van der Waals surface area (Å²) in [4.78, 5) is 44.1. The maximum atomic E-state index is 14.5. The van der Waals surface area contributed by atoms with E-state index in [4.69, 9.17) is 33.2 Å². The van der Waals surface area contributed by atoms with Crippen molar-refractivity contribution in [1.29, 1.82) is 0 Å². The Bertz CT molecular complexity index is 2240. The summed E-state index contributed by atoms with van der Waals surface area (Å²) in [6, 6.07) is 3.75. The van der Waals surface area contributed by atoms with Crippen LogP contribution in [0, 0.1) is 13.8 Å². The lowest BCUT2D eigenvalue weighted by Gasteiger charge is -2.51. The van der Waals surface area contributed by atoms with Crippen LogP contribution >= 0.6 is 11.8 Å². The molecule has 0 saturated heterocycles. The van der Waals surface area contributed by atoms with Gasteiger partial charge in [0.1, 0.15) is 29.7 Å². The topological polar surface area (TPSA) is 167 Å². The number of aromatic hydroxyl groups is 1. The second kappa shape index (κ2) is 18.1. The first-order valence-electron chi connectivity index (χ1n) is 21.1. The minimum Gasteiger partial charge on any atom is -0.504 e. The Morgan fingerprint density at radius 1 is 1.02 bits per heavy atom. The molecule has 4 heterocycles. The molecule has 1 amide bonds. The fourth-order valence-electron chi connectivity index (χ4n) is 9.70. The van der Waals surface area contributed by atoms with Gasteiger partial charge in [0.2, 0.25) is 6.79 Å². The van der Waals surface area contributed by atoms with E-state index in [2.05, 4.69) is 21.6 Å². The van der Waals surface area contributed by atoms with Crippen LogP contribution in [-0.2, 0) is 38.4 Å². The number of benzene rings is 3. The van der Waals surface area contributed by atoms with Crippen molar-refractivity contribution in [3.63, 3.8) is 0 Å². The minimum absolute atomic E-state index is 0.0221. The van der Waals surface area contributed by atoms with Crippen LogP contribution in [-0.4, -0.2) is 106 Å². The number of carbonyl (C=O) groups is 3. The first-order chi connectivity index (χ1) is 29.5. The van der Waals surface area contributed by atoms with Gasteiger partial charge in [0.25, 0.3) is 0 Å². The number of ether oxygens (including phenoxy) is 7. The van der Waals surface area contributed by atoms with Crippen LogP contribution in [0.5, 0.6) is 34.5 Å². The Morgan fingerprint density at radius 2 is 1.76 bits per heavy atom. The second-order valence-corrected chi connectivity index (χ2v) is 18.3. The molecular weight excluding hydrogens is 817 g/mol. The SMILES string of the molecule is CN[C@@H]1c2c(cc(C)c(OC)c2O)CCCN2C1C(SC)c1c(OC(C)=O)c(C)c3c(c1[C@@H]2COC(=O)C1NCCc2cc(CN(C)C(=O)OC(C)(C)C)c(OC)cc21)OCO3. The highest BCUT2D eigenvalue weighted by Crippen LogP contribution is 2.60. The van der Waals surface area contributed by atoms with Gasteiger partial charge in [-0.3, -0.25) is 9.69 Å². The number of hydrogen-bond donors (Lipinski definition) is 3. The summed E-state index contributed by atoms with van der Waals surface area (Å²) < 4.78 is 42.0. The summed E-state index contributed by atoms with van der Waals surface area (Å²) >= 11 is 1.61. The van der Waals surface area contributed by atoms with E-state index in [0.29, 0.717) is 60.2 Å². The molecular formula is C46H60N4O11S. The molecule has 0 fully saturated rings. The molecule has 0 spiro atoms. The molecule has 0 aliphatic carbocycles. The van der Waals surface area contributed by atoms with Gasteiger partial charge in [-0.2, -0.15) is 11.8 Å². The van der Waals surface area contributed by atoms with Crippen LogP contribution in [0.25, 0.3) is 0 Å². The highest BCUT2D eigenvalue weighted by atomic mass is 32.2. The molecule has 0 radical (unpaired) electrons. The van der Waals surface area contributed by atoms with Crippen LogP contribution in [0.15, 0.2) is 18.2 Å². The highest BCUT2D eigenvalue weighted by Gasteiger charge is 2.51. The molecule has 3 aromatic rings. The lowest BCUT2D eigenvalue weighted by molar-refractivity contribution is -0.149. The number of thioether (sulfide) groups is 1. The smallest absolute Gasteiger partial charge is 0.410 e. The first kappa shape index (κ1) is 45.1. The van der Waals surface area contributed by atoms with E-state index in [1.165, 1.54) is 11.8 Å². The molecule has 15 nitrogen and oxygen atoms in total. The highest BCUT2D eigenvalue weighted by molar-refractivity contribution is 7.98. The van der Waals surface area contributed by atoms with Crippen LogP contribution in [0.2, 0.25) is 0 Å². The lowest BCUT2D eigenvalue weighted by Crippen LogP contribution is -2.54. The first-order valence-corrected chi connectivity index (χ1v) is 22.3. The normalized spacial score (nSPS) is 21.6. The Labute approximate surface area is 368 Å². The van der Waals surface area contributed by atoms with Crippen LogP contribution < -0.4 is 34.3 Å². The van der Waals surface area contributed by atoms with E-state index in [1.807, 2.05) is 60.1 Å². The van der Waals surface area contributed by atoms with Gasteiger partial charge in [-0.05, 0) is 108 Å². The predicted octanol–water partition coefficient (Wildman–Crippen LogP) is 6.51. The van der Waals surface area contributed by atoms with Crippen molar-refractivity contribution in [2.24, 2.45) is 0 Å². The van der Waals surface area contributed by atoms with Gasteiger partial charge >= 0.3 is 18.0 Å². The number of phenols is 1. The van der Waals surface area contributed by atoms with E-state index in [1.54, 1.807) is 33.0 Å². The number of nitrogens with one attached hydrogen (secondary N) is 2. The molecule has 0 aromatic heterocycles. The molecule has 62 heavy (non-hydrogen) atoms. The Hall–Kier alpha value is -4.90. The van der Waals surface area contributed by atoms with Crippen LogP contribution in [0.3, 0.4) is 0 Å². The van der Waals surface area contributed by atoms with Gasteiger partial charge in [-0.15, -0.1) is 0 Å². The number of esters is 2. The van der Waals surface area contributed by atoms with Crippen molar-refractivity contribution in [3.05, 3.63) is 68.3 Å². The van der Waals surface area contributed by atoms with Gasteiger partial charge in [0.15, 0.2) is 23.0 Å². The van der Waals surface area contributed by atoms with Gasteiger partial charge in [0.05, 0.1) is 38.1 Å². The average Bonchev–Trinajstić information content (AvgIpc) is 3.71. The number of nitrogens with zero attached hydrogens (tertiary/aromatic N) is 2. The maximum Gasteiger partial charge on any atom is 0.410 e. The Kier molecular flexibility index (Phi) is 13.2. The molecule has 0 bridgehead atoms. The lowest BCUT2D eigenvalue weighted by atomic mass is 9.78. The molecule has 5 atom stereocenters. The number of rotatable bonds is 10. The average molecular weight is 877 g/mol. The zero-order chi connectivity index (χ0) is 44.8. The number of carbonyl (C=O) groups excluding carboxylic acids is 3. The summed E-state index contributed by atoms with van der Waals surface area (Å²) in [5.74, 6) is 1.47. The largest absolute Gasteiger partial charge is 0.504 e. The third kappa shape index (κ3) is 8.33. The van der Waals surface area contributed by atoms with Gasteiger partial charge < -0.3 is 53.8 Å². The number of aryl methyl sites for hydroxylation is 2. The maximum absolute atomic E-state index is 14.5. The van der Waals surface area contributed by atoms with Gasteiger partial charge in [-0.25, -0.2) is 9.59 Å². The molecule has 4 aliphatic rings. The monoisotopic (exact) mass is 876 g/mol. The summed E-state index contributed by atoms with van der Waals surface area (Å²) in [7, 11) is 6.67. The summed E-state index contributed by atoms with van der Waals surface area (Å²) in [6.07, 6.45) is 3.64. The number of hydrogen-bond acceptors (Lipinski definition) is 15. The predicted molar refractivity (Wildman–Crippen MR) is 234 cm³/mol. The standard InChI is InChI=1S/C46H60N4O11S/c1-23-17-27-13-12-16-50-30(21-57-44(53)35-29-19-31(55-9)28(18-26(29)14-15-48-35)20-49(8)45(54)61-46(4,5)6)33-34(40(60-25(3)51)24(2)41-42(33)59-22-58-41)43(62-11)37(50)36(47-7)32(27)38(52)39(23)56-10/h17-19,30,35-37,43,47-48,52H,12-16,20-22H2,1-11H3/t30-,35?,36+,37?,43?/m0/s1. The van der Waals surface area contributed by atoms with Crippen molar-refractivity contribution in [3.8, 4) is 34.5 Å². The molecule has 16 heteroatoms. The quantitative estimate of drug-likeness (QED) is 0.149. The summed E-state index contributed by atoms with van der Waals surface area (Å²) in [5, 5.41) is 18.6. The van der Waals surface area contributed by atoms with Crippen molar-refractivity contribution in [2.45, 2.75) is 102 Å². The molecule has 3 N–H and O–H groups in total. The molecule has 3 aromatic carbocycles. The minimum atomic E-state index is -0.806. The molecule has 7 rings (SSSR count). The zero-order valence-corrected chi connectivity index (χ0v) is 38.4. The van der Waals surface area contributed by atoms with E-state index in [9.17, 15) is 19.5 Å². The van der Waals surface area contributed by atoms with E-state index in [0.717, 1.165) is 50.9 Å². The van der Waals surface area contributed by atoms with Crippen LogP contribution in [0.1, 0.15) is 108 Å². The van der Waals surface area contributed by atoms with Crippen molar-refractivity contribution in [1.82, 2.24) is 20.4 Å². The third-order valence-electron chi connectivity index (χ3n) is 12.2. The van der Waals surface area contributed by atoms with E-state index >= 15 is 0 Å². The molecule has 0 saturated carbocycles. The van der Waals surface area contributed by atoms with Crippen LogP contribution in [0.4, 0.5) is 4.79 Å². The number of methoxy groups -OCH3 is 2.